The number of nitrogens with zero attached hydrogens (tertiary/aromatic N) is 1. The minimum Gasteiger partial charge on any atom is -0.463 e. The maximum atomic E-state index is 10.9. The van der Waals surface area contributed by atoms with Crippen molar-refractivity contribution in [2.75, 3.05) is 0 Å². The fraction of sp³-hybridized carbons (Fsp3) is 0. The van der Waals surface area contributed by atoms with Crippen molar-refractivity contribution in [2.24, 2.45) is 4.74 Å². The molecule has 1 N–H and O–H groups in total. The standard InChI is InChI=1S/C19H12Cl2NO2P/c20-14-6-1-4-12(10-14)16-8-3-9-17(25-22-19(23)24)18(16)13-5-2-7-15(21)11-13/h1-11H,(H,23,24). The zero-order valence-corrected chi connectivity index (χ0v) is 15.3. The Balaban J connectivity index is 2.28. The third kappa shape index (κ3) is 4.26. The first-order valence-electron chi connectivity index (χ1n) is 7.34. The van der Waals surface area contributed by atoms with E-state index in [9.17, 15) is 4.79 Å². The molecule has 0 radical (unpaired) electrons. The number of benzene rings is 3. The van der Waals surface area contributed by atoms with Gasteiger partial charge in [0.05, 0.1) is 8.37 Å². The van der Waals surface area contributed by atoms with Crippen LogP contribution in [0, 0.1) is 0 Å². The molecule has 0 aliphatic heterocycles. The highest BCUT2D eigenvalue weighted by atomic mass is 35.5. The lowest BCUT2D eigenvalue weighted by Gasteiger charge is -2.13. The molecule has 1 amide bonds. The van der Waals surface area contributed by atoms with Crippen LogP contribution in [0.1, 0.15) is 0 Å². The smallest absolute Gasteiger partial charge is 0.435 e. The second-order valence-corrected chi connectivity index (χ2v) is 6.96. The number of halogens is 2. The Morgan fingerprint density at radius 3 is 2.12 bits per heavy atom. The van der Waals surface area contributed by atoms with Crippen molar-refractivity contribution < 1.29 is 9.90 Å². The van der Waals surface area contributed by atoms with Gasteiger partial charge < -0.3 is 5.11 Å². The van der Waals surface area contributed by atoms with Crippen LogP contribution in [0.5, 0.6) is 0 Å². The second kappa shape index (κ2) is 7.79. The van der Waals surface area contributed by atoms with Crippen LogP contribution in [0.15, 0.2) is 71.5 Å². The molecule has 0 fully saturated rings. The number of rotatable bonds is 3. The van der Waals surface area contributed by atoms with Gasteiger partial charge in [-0.2, -0.15) is 4.74 Å². The fourth-order valence-electron chi connectivity index (χ4n) is 2.56. The summed E-state index contributed by atoms with van der Waals surface area (Å²) in [5.74, 6) is 0. The lowest BCUT2D eigenvalue weighted by molar-refractivity contribution is 0.206. The Labute approximate surface area is 156 Å². The minimum absolute atomic E-state index is 0.356. The zero-order chi connectivity index (χ0) is 17.8. The van der Waals surface area contributed by atoms with Crippen LogP contribution in [0.25, 0.3) is 22.3 Å². The number of carbonyl (C=O) groups is 1. The number of carboxylic acid groups (broad SMARTS) is 1. The number of hydrogen-bond acceptors (Lipinski definition) is 1. The van der Waals surface area contributed by atoms with Gasteiger partial charge >= 0.3 is 6.09 Å². The first-order valence-corrected chi connectivity index (χ1v) is 8.94. The van der Waals surface area contributed by atoms with E-state index >= 15 is 0 Å². The van der Waals surface area contributed by atoms with Gasteiger partial charge in [0.15, 0.2) is 0 Å². The molecule has 0 aliphatic rings. The predicted molar refractivity (Wildman–Crippen MR) is 104 cm³/mol. The van der Waals surface area contributed by atoms with Crippen molar-refractivity contribution in [1.29, 1.82) is 0 Å². The monoisotopic (exact) mass is 387 g/mol. The van der Waals surface area contributed by atoms with Crippen molar-refractivity contribution in [1.82, 2.24) is 0 Å². The van der Waals surface area contributed by atoms with Gasteiger partial charge in [-0.05, 0) is 47.0 Å². The molecule has 3 nitrogen and oxygen atoms in total. The molecule has 3 aromatic carbocycles. The van der Waals surface area contributed by atoms with Crippen molar-refractivity contribution in [3.05, 3.63) is 76.8 Å². The molecule has 0 saturated carbocycles. The molecule has 0 aromatic heterocycles. The molecule has 3 aromatic rings. The summed E-state index contributed by atoms with van der Waals surface area (Å²) < 4.78 is 3.59. The van der Waals surface area contributed by atoms with Crippen LogP contribution in [-0.4, -0.2) is 11.2 Å². The van der Waals surface area contributed by atoms with E-state index in [-0.39, 0.29) is 0 Å². The minimum atomic E-state index is -1.20. The zero-order valence-electron chi connectivity index (χ0n) is 12.9. The van der Waals surface area contributed by atoms with Gasteiger partial charge in [0, 0.05) is 20.9 Å². The van der Waals surface area contributed by atoms with Gasteiger partial charge in [-0.15, -0.1) is 0 Å². The molecule has 0 saturated heterocycles. The van der Waals surface area contributed by atoms with E-state index in [0.717, 1.165) is 27.6 Å². The molecular weight excluding hydrogens is 376 g/mol. The molecule has 6 heteroatoms. The van der Waals surface area contributed by atoms with Crippen molar-refractivity contribution in [3.63, 3.8) is 0 Å². The van der Waals surface area contributed by atoms with E-state index in [0.29, 0.717) is 18.4 Å². The highest BCUT2D eigenvalue weighted by Crippen LogP contribution is 2.34. The topological polar surface area (TPSA) is 49.7 Å². The Morgan fingerprint density at radius 1 is 0.880 bits per heavy atom. The SMILES string of the molecule is O=C(O)N=Pc1cccc(-c2cccc(Cl)c2)c1-c1cccc(Cl)c1. The lowest BCUT2D eigenvalue weighted by Crippen LogP contribution is -2.01. The van der Waals surface area contributed by atoms with Crippen molar-refractivity contribution in [3.8, 4) is 22.3 Å². The average Bonchev–Trinajstić information content (AvgIpc) is 2.59. The summed E-state index contributed by atoms with van der Waals surface area (Å²) in [5, 5.41) is 10.9. The molecule has 0 unspecified atom stereocenters. The summed E-state index contributed by atoms with van der Waals surface area (Å²) in [5.41, 5.74) is 3.66. The summed E-state index contributed by atoms with van der Waals surface area (Å²) in [4.78, 5) is 10.9. The molecule has 0 atom stereocenters. The molecule has 124 valence electrons. The van der Waals surface area contributed by atoms with E-state index in [2.05, 4.69) is 4.74 Å². The summed E-state index contributed by atoms with van der Waals surface area (Å²) in [6, 6.07) is 20.7. The van der Waals surface area contributed by atoms with Crippen LogP contribution in [0.4, 0.5) is 4.79 Å². The Bertz CT molecular complexity index is 973. The lowest BCUT2D eigenvalue weighted by atomic mass is 9.94. The van der Waals surface area contributed by atoms with Gasteiger partial charge in [0.1, 0.15) is 0 Å². The first kappa shape index (κ1) is 17.6. The fourth-order valence-corrected chi connectivity index (χ4v) is 3.64. The quantitative estimate of drug-likeness (QED) is 0.504. The molecule has 25 heavy (non-hydrogen) atoms. The van der Waals surface area contributed by atoms with Gasteiger partial charge in [-0.1, -0.05) is 59.6 Å². The summed E-state index contributed by atoms with van der Waals surface area (Å²) >= 11 is 12.3. The predicted octanol–water partition coefficient (Wildman–Crippen LogP) is 6.76. The maximum absolute atomic E-state index is 10.9. The average molecular weight is 388 g/mol. The first-order chi connectivity index (χ1) is 12.0. The van der Waals surface area contributed by atoms with Gasteiger partial charge in [0.2, 0.25) is 0 Å². The Hall–Kier alpha value is -2.19. The molecule has 0 heterocycles. The van der Waals surface area contributed by atoms with Crippen molar-refractivity contribution in [2.45, 2.75) is 0 Å². The van der Waals surface area contributed by atoms with Crippen LogP contribution in [-0.2, 0) is 0 Å². The second-order valence-electron chi connectivity index (χ2n) is 5.20. The largest absolute Gasteiger partial charge is 0.463 e. The molecule has 0 spiro atoms. The van der Waals surface area contributed by atoms with Crippen LogP contribution in [0.3, 0.4) is 0 Å². The van der Waals surface area contributed by atoms with Gasteiger partial charge in [0.25, 0.3) is 0 Å². The van der Waals surface area contributed by atoms with Gasteiger partial charge in [-0.3, -0.25) is 0 Å². The van der Waals surface area contributed by atoms with E-state index in [4.69, 9.17) is 28.3 Å². The maximum Gasteiger partial charge on any atom is 0.435 e. The number of amides is 1. The third-order valence-electron chi connectivity index (χ3n) is 3.53. The van der Waals surface area contributed by atoms with E-state index in [1.807, 2.05) is 60.7 Å². The Kier molecular flexibility index (Phi) is 5.50. The highest BCUT2D eigenvalue weighted by Gasteiger charge is 2.13. The summed E-state index contributed by atoms with van der Waals surface area (Å²) in [6.07, 6.45) is -1.20. The molecule has 3 rings (SSSR count). The highest BCUT2D eigenvalue weighted by molar-refractivity contribution is 7.37. The molecule has 0 aliphatic carbocycles. The Morgan fingerprint density at radius 2 is 1.48 bits per heavy atom. The number of hydrogen-bond donors (Lipinski definition) is 1. The van der Waals surface area contributed by atoms with Gasteiger partial charge in [-0.25, -0.2) is 4.79 Å². The molecular formula is C19H12Cl2NO2P. The summed E-state index contributed by atoms with van der Waals surface area (Å²) in [6.45, 7) is 0. The van der Waals surface area contributed by atoms with Crippen molar-refractivity contribution >= 4 is 43.0 Å². The van der Waals surface area contributed by atoms with E-state index < -0.39 is 6.09 Å². The normalized spacial score (nSPS) is 11.0. The van der Waals surface area contributed by atoms with E-state index in [1.54, 1.807) is 6.07 Å². The molecule has 0 bridgehead atoms. The van der Waals surface area contributed by atoms with Crippen LogP contribution in [0.2, 0.25) is 10.0 Å². The summed E-state index contributed by atoms with van der Waals surface area (Å²) in [7, 11) is 0.356. The van der Waals surface area contributed by atoms with E-state index in [1.165, 1.54) is 0 Å². The third-order valence-corrected chi connectivity index (χ3v) is 4.86. The van der Waals surface area contributed by atoms with Crippen LogP contribution < -0.4 is 5.30 Å². The van der Waals surface area contributed by atoms with Crippen LogP contribution >= 0.6 is 31.6 Å².